The number of carbonyl (C=O) groups excluding carboxylic acids is 1. The van der Waals surface area contributed by atoms with Crippen molar-refractivity contribution in [3.8, 4) is 12.1 Å². The van der Waals surface area contributed by atoms with Crippen LogP contribution in [-0.4, -0.2) is 11.6 Å². The summed E-state index contributed by atoms with van der Waals surface area (Å²) in [4.78, 5) is 12.3. The Balaban J connectivity index is 2.20. The summed E-state index contributed by atoms with van der Waals surface area (Å²) < 4.78 is 0. The molecule has 118 valence electrons. The normalized spacial score (nSPS) is 9.33. The van der Waals surface area contributed by atoms with E-state index in [1.807, 2.05) is 38.1 Å². The van der Waals surface area contributed by atoms with Crippen LogP contribution in [0.25, 0.3) is 0 Å². The monoisotopic (exact) mass is 317 g/mol. The average Bonchev–Trinajstić information content (AvgIpc) is 2.58. The quantitative estimate of drug-likeness (QED) is 0.666. The first kappa shape index (κ1) is 16.7. The Bertz CT molecular complexity index is 871. The van der Waals surface area contributed by atoms with Gasteiger partial charge < -0.3 is 5.32 Å². The van der Waals surface area contributed by atoms with Crippen molar-refractivity contribution < 1.29 is 4.79 Å². The van der Waals surface area contributed by atoms with Crippen LogP contribution in [0.4, 0.5) is 11.4 Å². The molecule has 0 saturated heterocycles. The molecule has 0 aliphatic carbocycles. The summed E-state index contributed by atoms with van der Waals surface area (Å²) in [6, 6.07) is 15.9. The maximum atomic E-state index is 12.3. The highest BCUT2D eigenvalue weighted by Crippen LogP contribution is 2.21. The lowest BCUT2D eigenvalue weighted by molar-refractivity contribution is 0.102. The molecule has 0 atom stereocenters. The predicted octanol–water partition coefficient (Wildman–Crippen LogP) is 3.37. The number of anilines is 2. The van der Waals surface area contributed by atoms with Gasteiger partial charge in [0.05, 0.1) is 5.69 Å². The largest absolute Gasteiger partial charge is 0.322 e. The molecule has 0 aliphatic rings. The highest BCUT2D eigenvalue weighted by molar-refractivity contribution is 6.10. The third-order valence-electron chi connectivity index (χ3n) is 3.27. The Labute approximate surface area is 140 Å². The molecule has 2 rings (SSSR count). The number of amides is 1. The lowest BCUT2D eigenvalue weighted by Crippen LogP contribution is -2.13. The zero-order chi connectivity index (χ0) is 17.5. The number of hydrogen-bond acceptors (Lipinski definition) is 5. The number of nitriles is 2. The minimum Gasteiger partial charge on any atom is -0.322 e. The Morgan fingerprint density at radius 1 is 1.08 bits per heavy atom. The molecule has 0 heterocycles. The summed E-state index contributed by atoms with van der Waals surface area (Å²) in [6.45, 7) is 3.79. The van der Waals surface area contributed by atoms with Crippen LogP contribution >= 0.6 is 0 Å². The van der Waals surface area contributed by atoms with Crippen LogP contribution in [0.15, 0.2) is 47.6 Å². The van der Waals surface area contributed by atoms with Crippen LogP contribution in [0.5, 0.6) is 0 Å². The second-order valence-electron chi connectivity index (χ2n) is 5.15. The number of benzene rings is 2. The van der Waals surface area contributed by atoms with Gasteiger partial charge in [-0.05, 0) is 43.7 Å². The van der Waals surface area contributed by atoms with Crippen molar-refractivity contribution in [2.75, 3.05) is 10.7 Å². The van der Waals surface area contributed by atoms with Gasteiger partial charge in [0.15, 0.2) is 0 Å². The zero-order valence-corrected chi connectivity index (χ0v) is 13.3. The molecule has 0 aromatic heterocycles. The first-order valence-corrected chi connectivity index (χ1v) is 7.16. The summed E-state index contributed by atoms with van der Waals surface area (Å²) in [5.74, 6) is -0.211. The fourth-order valence-corrected chi connectivity index (χ4v) is 2.00. The molecule has 2 N–H and O–H groups in total. The first-order chi connectivity index (χ1) is 11.5. The topological polar surface area (TPSA) is 101 Å². The van der Waals surface area contributed by atoms with E-state index in [0.717, 1.165) is 11.1 Å². The molecule has 2 aromatic rings. The second kappa shape index (κ2) is 7.57. The minimum absolute atomic E-state index is 0.211. The molecule has 1 amide bonds. The molecule has 0 spiro atoms. The SMILES string of the molecule is Cc1cccc(C(=O)Nc2cc(NN=C(C#N)C#N)ccc2C)c1. The molecule has 6 heteroatoms. The number of hydrogen-bond donors (Lipinski definition) is 2. The molecule has 0 fully saturated rings. The van der Waals surface area contributed by atoms with Crippen molar-refractivity contribution in [2.24, 2.45) is 5.10 Å². The van der Waals surface area contributed by atoms with Crippen molar-refractivity contribution in [3.05, 3.63) is 59.2 Å². The van der Waals surface area contributed by atoms with Crippen LogP contribution in [0, 0.1) is 36.5 Å². The van der Waals surface area contributed by atoms with Crippen LogP contribution < -0.4 is 10.7 Å². The number of hydrazone groups is 1. The molecule has 0 bridgehead atoms. The van der Waals surface area contributed by atoms with Crippen molar-refractivity contribution in [3.63, 3.8) is 0 Å². The van der Waals surface area contributed by atoms with E-state index in [2.05, 4.69) is 15.8 Å². The number of rotatable bonds is 4. The molecule has 24 heavy (non-hydrogen) atoms. The van der Waals surface area contributed by atoms with E-state index < -0.39 is 0 Å². The second-order valence-corrected chi connectivity index (χ2v) is 5.15. The van der Waals surface area contributed by atoms with Gasteiger partial charge in [-0.3, -0.25) is 10.2 Å². The number of aryl methyl sites for hydroxylation is 2. The lowest BCUT2D eigenvalue weighted by Gasteiger charge is -2.11. The van der Waals surface area contributed by atoms with E-state index in [4.69, 9.17) is 10.5 Å². The fourth-order valence-electron chi connectivity index (χ4n) is 2.00. The van der Waals surface area contributed by atoms with Gasteiger partial charge in [0.25, 0.3) is 5.91 Å². The van der Waals surface area contributed by atoms with Gasteiger partial charge in [0.1, 0.15) is 12.1 Å². The molecule has 6 nitrogen and oxygen atoms in total. The van der Waals surface area contributed by atoms with E-state index >= 15 is 0 Å². The van der Waals surface area contributed by atoms with E-state index in [9.17, 15) is 4.79 Å². The molecular weight excluding hydrogens is 302 g/mol. The van der Waals surface area contributed by atoms with Crippen molar-refractivity contribution in [1.29, 1.82) is 10.5 Å². The third kappa shape index (κ3) is 4.19. The maximum Gasteiger partial charge on any atom is 0.255 e. The van der Waals surface area contributed by atoms with Gasteiger partial charge in [-0.15, -0.1) is 0 Å². The van der Waals surface area contributed by atoms with E-state index in [-0.39, 0.29) is 11.6 Å². The third-order valence-corrected chi connectivity index (χ3v) is 3.27. The van der Waals surface area contributed by atoms with Gasteiger partial charge in [0.2, 0.25) is 5.71 Å². The number of carbonyl (C=O) groups is 1. The summed E-state index contributed by atoms with van der Waals surface area (Å²) in [7, 11) is 0. The van der Waals surface area contributed by atoms with Gasteiger partial charge in [0, 0.05) is 11.3 Å². The highest BCUT2D eigenvalue weighted by Gasteiger charge is 2.08. The Hall–Kier alpha value is -3.64. The summed E-state index contributed by atoms with van der Waals surface area (Å²) in [5, 5.41) is 23.9. The standard InChI is InChI=1S/C18H15N5O/c1-12-4-3-5-14(8-12)18(24)21-17-9-15(7-6-13(17)2)22-23-16(10-19)11-20/h3-9,22H,1-2H3,(H,21,24). The van der Waals surface area contributed by atoms with Gasteiger partial charge in [-0.2, -0.15) is 15.6 Å². The molecule has 0 radical (unpaired) electrons. The van der Waals surface area contributed by atoms with Crippen molar-refractivity contribution in [1.82, 2.24) is 0 Å². The number of nitrogens with zero attached hydrogens (tertiary/aromatic N) is 3. The summed E-state index contributed by atoms with van der Waals surface area (Å²) >= 11 is 0. The van der Waals surface area contributed by atoms with Crippen LogP contribution in [0.2, 0.25) is 0 Å². The predicted molar refractivity (Wildman–Crippen MR) is 92.6 cm³/mol. The molecule has 0 unspecified atom stereocenters. The van der Waals surface area contributed by atoms with Gasteiger partial charge in [-0.1, -0.05) is 23.8 Å². The van der Waals surface area contributed by atoms with Crippen LogP contribution in [0.1, 0.15) is 21.5 Å². The Morgan fingerprint density at radius 3 is 2.50 bits per heavy atom. The number of nitrogens with one attached hydrogen (secondary N) is 2. The Morgan fingerprint density at radius 2 is 1.83 bits per heavy atom. The average molecular weight is 317 g/mol. The highest BCUT2D eigenvalue weighted by atomic mass is 16.1. The lowest BCUT2D eigenvalue weighted by atomic mass is 10.1. The molecule has 2 aromatic carbocycles. The van der Waals surface area contributed by atoms with Crippen LogP contribution in [-0.2, 0) is 0 Å². The Kier molecular flexibility index (Phi) is 5.28. The smallest absolute Gasteiger partial charge is 0.255 e. The van der Waals surface area contributed by atoms with E-state index in [0.29, 0.717) is 16.9 Å². The van der Waals surface area contributed by atoms with Crippen molar-refractivity contribution >= 4 is 23.0 Å². The maximum absolute atomic E-state index is 12.3. The summed E-state index contributed by atoms with van der Waals surface area (Å²) in [6.07, 6.45) is 0. The van der Waals surface area contributed by atoms with E-state index in [1.54, 1.807) is 30.3 Å². The van der Waals surface area contributed by atoms with E-state index in [1.165, 1.54) is 0 Å². The summed E-state index contributed by atoms with van der Waals surface area (Å²) in [5.41, 5.74) is 5.99. The minimum atomic E-state index is -0.277. The zero-order valence-electron chi connectivity index (χ0n) is 13.3. The molecule has 0 saturated carbocycles. The van der Waals surface area contributed by atoms with Gasteiger partial charge in [-0.25, -0.2) is 0 Å². The van der Waals surface area contributed by atoms with Gasteiger partial charge >= 0.3 is 0 Å². The first-order valence-electron chi connectivity index (χ1n) is 7.16. The van der Waals surface area contributed by atoms with Crippen molar-refractivity contribution in [2.45, 2.75) is 13.8 Å². The van der Waals surface area contributed by atoms with Crippen LogP contribution in [0.3, 0.4) is 0 Å². The molecular formula is C18H15N5O. The molecule has 0 aliphatic heterocycles. The fraction of sp³-hybridized carbons (Fsp3) is 0.111.